The van der Waals surface area contributed by atoms with Crippen molar-refractivity contribution < 1.29 is 9.59 Å². The Morgan fingerprint density at radius 1 is 1.07 bits per heavy atom. The lowest BCUT2D eigenvalue weighted by atomic mass is 10.1. The second kappa shape index (κ2) is 8.67. The molecule has 0 spiro atoms. The number of amides is 2. The van der Waals surface area contributed by atoms with E-state index in [1.165, 1.54) is 11.3 Å². The first-order chi connectivity index (χ1) is 13.4. The van der Waals surface area contributed by atoms with Crippen molar-refractivity contribution in [3.8, 4) is 10.6 Å². The maximum atomic E-state index is 13.1. The number of aryl methyl sites for hydroxylation is 1. The Hall–Kier alpha value is -2.51. The molecule has 2 heterocycles. The number of nitrogens with zero attached hydrogens (tertiary/aromatic N) is 3. The van der Waals surface area contributed by atoms with Crippen molar-refractivity contribution in [3.63, 3.8) is 0 Å². The number of hydrogen-bond acceptors (Lipinski definition) is 5. The highest BCUT2D eigenvalue weighted by Gasteiger charge is 2.21. The van der Waals surface area contributed by atoms with Gasteiger partial charge in [-0.25, -0.2) is 4.98 Å². The molecule has 0 unspecified atom stereocenters. The van der Waals surface area contributed by atoms with Crippen LogP contribution in [0.15, 0.2) is 41.1 Å². The second-order valence-corrected chi connectivity index (χ2v) is 8.44. The van der Waals surface area contributed by atoms with Gasteiger partial charge in [0.2, 0.25) is 0 Å². The Bertz CT molecular complexity index is 960. The SMILES string of the molecule is CCN(Cc1ccc(C(=O)N(C)C)cc1)C(=O)c1sc(-c2ccsc2)nc1C. The van der Waals surface area contributed by atoms with Crippen LogP contribution in [0.3, 0.4) is 0 Å². The molecule has 0 fully saturated rings. The van der Waals surface area contributed by atoms with Gasteiger partial charge in [-0.2, -0.15) is 11.3 Å². The molecule has 146 valence electrons. The predicted molar refractivity (Wildman–Crippen MR) is 115 cm³/mol. The minimum absolute atomic E-state index is 0.00701. The van der Waals surface area contributed by atoms with Crippen LogP contribution >= 0.6 is 22.7 Å². The van der Waals surface area contributed by atoms with Gasteiger partial charge in [-0.05, 0) is 43.0 Å². The highest BCUT2D eigenvalue weighted by Crippen LogP contribution is 2.30. The van der Waals surface area contributed by atoms with E-state index in [-0.39, 0.29) is 11.8 Å². The van der Waals surface area contributed by atoms with Crippen LogP contribution in [-0.2, 0) is 6.54 Å². The van der Waals surface area contributed by atoms with Gasteiger partial charge in [0.25, 0.3) is 11.8 Å². The van der Waals surface area contributed by atoms with Crippen molar-refractivity contribution in [3.05, 3.63) is 62.8 Å². The summed E-state index contributed by atoms with van der Waals surface area (Å²) in [6, 6.07) is 9.45. The number of aromatic nitrogens is 1. The molecule has 0 atom stereocenters. The largest absolute Gasteiger partial charge is 0.345 e. The third-order valence-corrected chi connectivity index (χ3v) is 6.29. The maximum Gasteiger partial charge on any atom is 0.266 e. The van der Waals surface area contributed by atoms with Crippen LogP contribution in [0.5, 0.6) is 0 Å². The van der Waals surface area contributed by atoms with Gasteiger partial charge in [0.1, 0.15) is 9.88 Å². The van der Waals surface area contributed by atoms with E-state index in [9.17, 15) is 9.59 Å². The zero-order chi connectivity index (χ0) is 20.3. The summed E-state index contributed by atoms with van der Waals surface area (Å²) in [6.45, 7) is 4.95. The molecule has 2 aromatic heterocycles. The summed E-state index contributed by atoms with van der Waals surface area (Å²) in [5.74, 6) is -0.0383. The first-order valence-electron chi connectivity index (χ1n) is 9.00. The van der Waals surface area contributed by atoms with E-state index >= 15 is 0 Å². The van der Waals surface area contributed by atoms with Crippen molar-refractivity contribution >= 4 is 34.5 Å². The number of hydrogen-bond donors (Lipinski definition) is 0. The fraction of sp³-hybridized carbons (Fsp3) is 0.286. The monoisotopic (exact) mass is 413 g/mol. The Kier molecular flexibility index (Phi) is 6.26. The van der Waals surface area contributed by atoms with Gasteiger partial charge in [0.15, 0.2) is 0 Å². The molecule has 0 aliphatic carbocycles. The molecule has 3 aromatic rings. The molecule has 0 saturated carbocycles. The average molecular weight is 414 g/mol. The topological polar surface area (TPSA) is 53.5 Å². The zero-order valence-corrected chi connectivity index (χ0v) is 18.1. The summed E-state index contributed by atoms with van der Waals surface area (Å²) >= 11 is 3.06. The third-order valence-electron chi connectivity index (χ3n) is 4.41. The predicted octanol–water partition coefficient (Wildman–Crippen LogP) is 4.54. The van der Waals surface area contributed by atoms with E-state index in [4.69, 9.17) is 0 Å². The van der Waals surface area contributed by atoms with Gasteiger partial charge in [-0.1, -0.05) is 12.1 Å². The quantitative estimate of drug-likeness (QED) is 0.596. The van der Waals surface area contributed by atoms with E-state index in [1.54, 1.807) is 35.2 Å². The lowest BCUT2D eigenvalue weighted by Crippen LogP contribution is -2.30. The van der Waals surface area contributed by atoms with E-state index < -0.39 is 0 Å². The molecule has 28 heavy (non-hydrogen) atoms. The van der Waals surface area contributed by atoms with Gasteiger partial charge in [-0.15, -0.1) is 11.3 Å². The van der Waals surface area contributed by atoms with Gasteiger partial charge >= 0.3 is 0 Å². The highest BCUT2D eigenvalue weighted by atomic mass is 32.1. The summed E-state index contributed by atoms with van der Waals surface area (Å²) in [4.78, 5) is 33.7. The van der Waals surface area contributed by atoms with E-state index in [0.717, 1.165) is 21.8 Å². The number of thiazole rings is 1. The normalized spacial score (nSPS) is 10.7. The summed E-state index contributed by atoms with van der Waals surface area (Å²) < 4.78 is 0. The molecule has 0 radical (unpaired) electrons. The Labute approximate surface area is 173 Å². The average Bonchev–Trinajstić information content (AvgIpc) is 3.35. The molecule has 0 N–H and O–H groups in total. The molecule has 5 nitrogen and oxygen atoms in total. The summed E-state index contributed by atoms with van der Waals surface area (Å²) in [5, 5.41) is 4.93. The minimum Gasteiger partial charge on any atom is -0.345 e. The molecular weight excluding hydrogens is 390 g/mol. The van der Waals surface area contributed by atoms with Gasteiger partial charge in [-0.3, -0.25) is 9.59 Å². The standard InChI is InChI=1S/C21H23N3O2S2/c1-5-24(12-15-6-8-16(9-7-15)20(25)23(3)4)21(26)18-14(2)22-19(28-18)17-10-11-27-13-17/h6-11,13H,5,12H2,1-4H3. The lowest BCUT2D eigenvalue weighted by molar-refractivity contribution is 0.0755. The van der Waals surface area contributed by atoms with Crippen LogP contribution in [-0.4, -0.2) is 47.2 Å². The van der Waals surface area contributed by atoms with Crippen molar-refractivity contribution in [1.82, 2.24) is 14.8 Å². The number of benzene rings is 1. The second-order valence-electron chi connectivity index (χ2n) is 6.66. The number of thiophene rings is 1. The minimum atomic E-state index is -0.0313. The Morgan fingerprint density at radius 2 is 1.79 bits per heavy atom. The van der Waals surface area contributed by atoms with Crippen LogP contribution in [0.1, 0.15) is 38.2 Å². The first kappa shape index (κ1) is 20.2. The van der Waals surface area contributed by atoms with Crippen LogP contribution in [0.2, 0.25) is 0 Å². The Morgan fingerprint density at radius 3 is 2.36 bits per heavy atom. The number of rotatable bonds is 6. The fourth-order valence-electron chi connectivity index (χ4n) is 2.81. The highest BCUT2D eigenvalue weighted by molar-refractivity contribution is 7.17. The molecule has 0 bridgehead atoms. The van der Waals surface area contributed by atoms with Crippen LogP contribution in [0, 0.1) is 6.92 Å². The summed E-state index contributed by atoms with van der Waals surface area (Å²) in [7, 11) is 3.46. The molecule has 1 aromatic carbocycles. The maximum absolute atomic E-state index is 13.1. The van der Waals surface area contributed by atoms with E-state index in [2.05, 4.69) is 4.98 Å². The molecule has 7 heteroatoms. The smallest absolute Gasteiger partial charge is 0.266 e. The van der Waals surface area contributed by atoms with Crippen LogP contribution in [0.4, 0.5) is 0 Å². The number of carbonyl (C=O) groups is 2. The molecule has 0 aliphatic heterocycles. The van der Waals surface area contributed by atoms with Crippen LogP contribution in [0.25, 0.3) is 10.6 Å². The third kappa shape index (κ3) is 4.31. The van der Waals surface area contributed by atoms with Crippen molar-refractivity contribution in [2.24, 2.45) is 0 Å². The van der Waals surface area contributed by atoms with Gasteiger partial charge in [0, 0.05) is 43.7 Å². The van der Waals surface area contributed by atoms with Crippen molar-refractivity contribution in [2.45, 2.75) is 20.4 Å². The van der Waals surface area contributed by atoms with E-state index in [1.807, 2.05) is 54.9 Å². The lowest BCUT2D eigenvalue weighted by Gasteiger charge is -2.20. The molecular formula is C21H23N3O2S2. The molecule has 3 rings (SSSR count). The number of carbonyl (C=O) groups excluding carboxylic acids is 2. The van der Waals surface area contributed by atoms with Crippen LogP contribution < -0.4 is 0 Å². The van der Waals surface area contributed by atoms with E-state index in [0.29, 0.717) is 23.5 Å². The molecule has 0 aliphatic rings. The van der Waals surface area contributed by atoms with Gasteiger partial charge < -0.3 is 9.80 Å². The van der Waals surface area contributed by atoms with Crippen molar-refractivity contribution in [2.75, 3.05) is 20.6 Å². The summed E-state index contributed by atoms with van der Waals surface area (Å²) in [5.41, 5.74) is 3.45. The first-order valence-corrected chi connectivity index (χ1v) is 10.8. The molecule has 0 saturated heterocycles. The van der Waals surface area contributed by atoms with Crippen molar-refractivity contribution in [1.29, 1.82) is 0 Å². The van der Waals surface area contributed by atoms with Gasteiger partial charge in [0.05, 0.1) is 5.69 Å². The fourth-order valence-corrected chi connectivity index (χ4v) is 4.55. The molecule has 2 amide bonds. The summed E-state index contributed by atoms with van der Waals surface area (Å²) in [6.07, 6.45) is 0. The Balaban J connectivity index is 1.76. The zero-order valence-electron chi connectivity index (χ0n) is 16.4.